The molecule has 7 heteroatoms. The van der Waals surface area contributed by atoms with Crippen molar-refractivity contribution >= 4 is 29.1 Å². The van der Waals surface area contributed by atoms with Gasteiger partial charge in [-0.2, -0.15) is 9.97 Å². The molecule has 6 nitrogen and oxygen atoms in total. The number of piperidine rings is 1. The second-order valence-electron chi connectivity index (χ2n) is 7.42. The summed E-state index contributed by atoms with van der Waals surface area (Å²) in [5, 5.41) is 7.21. The van der Waals surface area contributed by atoms with Crippen LogP contribution in [-0.2, 0) is 0 Å². The molecule has 1 saturated heterocycles. The molecule has 2 N–H and O–H groups in total. The molecule has 0 radical (unpaired) electrons. The molecular weight excluding hydrogens is 346 g/mol. The summed E-state index contributed by atoms with van der Waals surface area (Å²) >= 11 is 5.51. The van der Waals surface area contributed by atoms with Crippen molar-refractivity contribution < 1.29 is 4.74 Å². The zero-order valence-corrected chi connectivity index (χ0v) is 16.8. The molecule has 1 saturated carbocycles. The number of hydrogen-bond acceptors (Lipinski definition) is 5. The summed E-state index contributed by atoms with van der Waals surface area (Å²) in [7, 11) is 1.64. The topological polar surface area (TPSA) is 62.3 Å². The van der Waals surface area contributed by atoms with Crippen LogP contribution in [0.4, 0.5) is 11.8 Å². The first-order valence-electron chi connectivity index (χ1n) is 9.93. The van der Waals surface area contributed by atoms with Gasteiger partial charge in [0.1, 0.15) is 5.82 Å². The molecule has 2 heterocycles. The van der Waals surface area contributed by atoms with Gasteiger partial charge < -0.3 is 20.3 Å². The third-order valence-electron chi connectivity index (χ3n) is 5.41. The van der Waals surface area contributed by atoms with E-state index in [1.165, 1.54) is 57.8 Å². The lowest BCUT2D eigenvalue weighted by Crippen LogP contribution is -2.39. The van der Waals surface area contributed by atoms with Crippen molar-refractivity contribution in [1.82, 2.24) is 15.3 Å². The number of ether oxygens (including phenoxy) is 1. The molecule has 0 spiro atoms. The van der Waals surface area contributed by atoms with Crippen LogP contribution in [0.25, 0.3) is 0 Å². The Hall–Kier alpha value is -1.63. The maximum atomic E-state index is 5.51. The Labute approximate surface area is 162 Å². The standard InChI is InChI=1S/C19H31N5OS/c1-14-9-7-8-12-24(14)16-13-17(25-2)22-18(21-16)23-19(26)20-15-10-5-3-4-6-11-15/h13-15H,3-12H2,1-2H3,(H2,20,21,22,23,26)/t14-/m1/s1. The van der Waals surface area contributed by atoms with Crippen LogP contribution in [0, 0.1) is 0 Å². The van der Waals surface area contributed by atoms with E-state index in [9.17, 15) is 0 Å². The molecule has 1 aromatic heterocycles. The van der Waals surface area contributed by atoms with E-state index in [0.29, 0.717) is 29.0 Å². The van der Waals surface area contributed by atoms with Crippen molar-refractivity contribution in [1.29, 1.82) is 0 Å². The number of hydrogen-bond donors (Lipinski definition) is 2. The molecule has 2 fully saturated rings. The van der Waals surface area contributed by atoms with Gasteiger partial charge in [0.25, 0.3) is 0 Å². The Kier molecular flexibility index (Phi) is 6.88. The fraction of sp³-hybridized carbons (Fsp3) is 0.737. The molecule has 0 aromatic carbocycles. The Morgan fingerprint density at radius 1 is 1.12 bits per heavy atom. The number of thiocarbonyl (C=S) groups is 1. The van der Waals surface area contributed by atoms with E-state index >= 15 is 0 Å². The van der Waals surface area contributed by atoms with Crippen LogP contribution in [0.2, 0.25) is 0 Å². The van der Waals surface area contributed by atoms with E-state index in [2.05, 4.69) is 27.4 Å². The molecule has 2 aliphatic rings. The lowest BCUT2D eigenvalue weighted by atomic mass is 10.0. The van der Waals surface area contributed by atoms with Crippen LogP contribution in [-0.4, -0.2) is 40.8 Å². The van der Waals surface area contributed by atoms with Crippen molar-refractivity contribution in [3.05, 3.63) is 6.07 Å². The molecular formula is C19H31N5OS. The van der Waals surface area contributed by atoms with Gasteiger partial charge in [-0.05, 0) is 51.2 Å². The molecule has 26 heavy (non-hydrogen) atoms. The van der Waals surface area contributed by atoms with E-state index in [-0.39, 0.29) is 0 Å². The van der Waals surface area contributed by atoms with Crippen molar-refractivity contribution in [2.75, 3.05) is 23.9 Å². The summed E-state index contributed by atoms with van der Waals surface area (Å²) in [5.41, 5.74) is 0. The quantitative estimate of drug-likeness (QED) is 0.610. The molecule has 1 aliphatic carbocycles. The highest BCUT2D eigenvalue weighted by atomic mass is 32.1. The summed E-state index contributed by atoms with van der Waals surface area (Å²) in [6, 6.07) is 2.84. The minimum atomic E-state index is 0.449. The summed E-state index contributed by atoms with van der Waals surface area (Å²) in [6.45, 7) is 3.27. The first-order chi connectivity index (χ1) is 12.7. The highest BCUT2D eigenvalue weighted by Gasteiger charge is 2.21. The largest absolute Gasteiger partial charge is 0.481 e. The van der Waals surface area contributed by atoms with E-state index in [1.54, 1.807) is 7.11 Å². The molecule has 144 valence electrons. The zero-order valence-electron chi connectivity index (χ0n) is 16.0. The number of nitrogens with one attached hydrogen (secondary N) is 2. The van der Waals surface area contributed by atoms with Crippen LogP contribution >= 0.6 is 12.2 Å². The monoisotopic (exact) mass is 377 g/mol. The number of anilines is 2. The first kappa shape index (κ1) is 19.1. The smallest absolute Gasteiger partial charge is 0.234 e. The number of nitrogens with zero attached hydrogens (tertiary/aromatic N) is 3. The maximum absolute atomic E-state index is 5.51. The molecule has 0 unspecified atom stereocenters. The summed E-state index contributed by atoms with van der Waals surface area (Å²) in [4.78, 5) is 11.5. The van der Waals surface area contributed by atoms with Gasteiger partial charge in [0.15, 0.2) is 5.11 Å². The SMILES string of the molecule is COc1cc(N2CCCC[C@H]2C)nc(NC(=S)NC2CCCCCC2)n1. The highest BCUT2D eigenvalue weighted by Crippen LogP contribution is 2.26. The van der Waals surface area contributed by atoms with Crippen molar-refractivity contribution in [2.24, 2.45) is 0 Å². The lowest BCUT2D eigenvalue weighted by Gasteiger charge is -2.34. The van der Waals surface area contributed by atoms with Crippen LogP contribution in [0.3, 0.4) is 0 Å². The Bertz CT molecular complexity index is 604. The molecule has 1 aromatic rings. The second-order valence-corrected chi connectivity index (χ2v) is 7.83. The normalized spacial score (nSPS) is 21.8. The average molecular weight is 378 g/mol. The van der Waals surface area contributed by atoms with Gasteiger partial charge in [0, 0.05) is 24.7 Å². The van der Waals surface area contributed by atoms with Crippen LogP contribution in [0.5, 0.6) is 5.88 Å². The molecule has 1 aliphatic heterocycles. The summed E-state index contributed by atoms with van der Waals surface area (Å²) < 4.78 is 5.39. The maximum Gasteiger partial charge on any atom is 0.234 e. The van der Waals surface area contributed by atoms with Crippen molar-refractivity contribution in [3.63, 3.8) is 0 Å². The van der Waals surface area contributed by atoms with Crippen LogP contribution < -0.4 is 20.3 Å². The Morgan fingerprint density at radius 2 is 1.85 bits per heavy atom. The predicted octanol–water partition coefficient (Wildman–Crippen LogP) is 3.87. The fourth-order valence-electron chi connectivity index (χ4n) is 3.91. The highest BCUT2D eigenvalue weighted by molar-refractivity contribution is 7.80. The molecule has 1 atom stereocenters. The minimum Gasteiger partial charge on any atom is -0.481 e. The second kappa shape index (κ2) is 9.35. The third-order valence-corrected chi connectivity index (χ3v) is 5.63. The van der Waals surface area contributed by atoms with E-state index in [1.807, 2.05) is 6.07 Å². The Morgan fingerprint density at radius 3 is 2.54 bits per heavy atom. The van der Waals surface area contributed by atoms with Crippen LogP contribution in [0.1, 0.15) is 64.7 Å². The third kappa shape index (κ3) is 5.19. The molecule has 3 rings (SSSR count). The Balaban J connectivity index is 1.68. The zero-order chi connectivity index (χ0) is 18.4. The van der Waals surface area contributed by atoms with Gasteiger partial charge in [-0.15, -0.1) is 0 Å². The summed E-state index contributed by atoms with van der Waals surface area (Å²) in [6.07, 6.45) is 11.2. The number of rotatable bonds is 4. The van der Waals surface area contributed by atoms with E-state index < -0.39 is 0 Å². The number of methoxy groups -OCH3 is 1. The fourth-order valence-corrected chi connectivity index (χ4v) is 4.16. The molecule has 0 amide bonds. The van der Waals surface area contributed by atoms with Crippen LogP contribution in [0.15, 0.2) is 6.07 Å². The van der Waals surface area contributed by atoms with E-state index in [4.69, 9.17) is 21.9 Å². The van der Waals surface area contributed by atoms with Gasteiger partial charge in [-0.3, -0.25) is 0 Å². The van der Waals surface area contributed by atoms with Crippen molar-refractivity contribution in [3.8, 4) is 5.88 Å². The van der Waals surface area contributed by atoms with Gasteiger partial charge in [-0.1, -0.05) is 25.7 Å². The average Bonchev–Trinajstić information content (AvgIpc) is 2.90. The van der Waals surface area contributed by atoms with Gasteiger partial charge in [0.2, 0.25) is 11.8 Å². The summed E-state index contributed by atoms with van der Waals surface area (Å²) in [5.74, 6) is 1.97. The van der Waals surface area contributed by atoms with Gasteiger partial charge >= 0.3 is 0 Å². The van der Waals surface area contributed by atoms with Gasteiger partial charge in [0.05, 0.1) is 7.11 Å². The van der Waals surface area contributed by atoms with E-state index in [0.717, 1.165) is 12.4 Å². The number of aromatic nitrogens is 2. The predicted molar refractivity (Wildman–Crippen MR) is 110 cm³/mol. The van der Waals surface area contributed by atoms with Gasteiger partial charge in [-0.25, -0.2) is 0 Å². The first-order valence-corrected chi connectivity index (χ1v) is 10.3. The lowest BCUT2D eigenvalue weighted by molar-refractivity contribution is 0.396. The van der Waals surface area contributed by atoms with Crippen molar-refractivity contribution in [2.45, 2.75) is 76.8 Å². The molecule has 0 bridgehead atoms. The minimum absolute atomic E-state index is 0.449.